The molecular formula is C15H27N. The van der Waals surface area contributed by atoms with E-state index in [4.69, 9.17) is 0 Å². The standard InChI is InChI=1S/C15H27N/c1-6-8-9-10-14(3)13-15(4)11-12-16(5)7-2/h6,8-10,13-14H,7,11-12H2,1-5H3/b8-6-,10-9-,15-13-. The Balaban J connectivity index is 4.00. The highest BCUT2D eigenvalue weighted by Gasteiger charge is 1.97. The number of hydrogen-bond acceptors (Lipinski definition) is 1. The molecule has 1 heteroatoms. The summed E-state index contributed by atoms with van der Waals surface area (Å²) in [5, 5.41) is 0. The van der Waals surface area contributed by atoms with E-state index in [0.717, 1.165) is 13.1 Å². The van der Waals surface area contributed by atoms with Crippen molar-refractivity contribution < 1.29 is 0 Å². The van der Waals surface area contributed by atoms with Crippen molar-refractivity contribution >= 4 is 0 Å². The molecule has 16 heavy (non-hydrogen) atoms. The van der Waals surface area contributed by atoms with Crippen LogP contribution in [0.3, 0.4) is 0 Å². The molecule has 0 aliphatic rings. The summed E-state index contributed by atoms with van der Waals surface area (Å²) in [4.78, 5) is 2.34. The van der Waals surface area contributed by atoms with E-state index in [1.807, 2.05) is 6.92 Å². The van der Waals surface area contributed by atoms with Crippen LogP contribution in [0.5, 0.6) is 0 Å². The molecule has 0 aromatic rings. The molecule has 0 radical (unpaired) electrons. The third kappa shape index (κ3) is 8.49. The van der Waals surface area contributed by atoms with Crippen LogP contribution in [-0.2, 0) is 0 Å². The van der Waals surface area contributed by atoms with E-state index in [0.29, 0.717) is 5.92 Å². The molecule has 1 unspecified atom stereocenters. The van der Waals surface area contributed by atoms with Crippen LogP contribution in [0.25, 0.3) is 0 Å². The van der Waals surface area contributed by atoms with E-state index in [1.54, 1.807) is 0 Å². The van der Waals surface area contributed by atoms with Gasteiger partial charge in [0, 0.05) is 6.54 Å². The van der Waals surface area contributed by atoms with E-state index in [2.05, 4.69) is 63.1 Å². The lowest BCUT2D eigenvalue weighted by Gasteiger charge is -2.13. The number of nitrogens with zero attached hydrogens (tertiary/aromatic N) is 1. The smallest absolute Gasteiger partial charge is 0.00153 e. The summed E-state index contributed by atoms with van der Waals surface area (Å²) < 4.78 is 0. The average Bonchev–Trinajstić information content (AvgIpc) is 2.26. The van der Waals surface area contributed by atoms with Crippen LogP contribution in [0, 0.1) is 5.92 Å². The van der Waals surface area contributed by atoms with Crippen LogP contribution in [0.2, 0.25) is 0 Å². The van der Waals surface area contributed by atoms with Gasteiger partial charge in [-0.2, -0.15) is 0 Å². The fourth-order valence-electron chi connectivity index (χ4n) is 1.46. The Morgan fingerprint density at radius 1 is 1.31 bits per heavy atom. The lowest BCUT2D eigenvalue weighted by atomic mass is 10.1. The van der Waals surface area contributed by atoms with Gasteiger partial charge in [0.15, 0.2) is 0 Å². The topological polar surface area (TPSA) is 3.24 Å². The second-order valence-electron chi connectivity index (χ2n) is 4.43. The zero-order chi connectivity index (χ0) is 12.4. The fourth-order valence-corrected chi connectivity index (χ4v) is 1.46. The molecule has 0 saturated heterocycles. The zero-order valence-electron chi connectivity index (χ0n) is 11.5. The molecule has 0 bridgehead atoms. The molecule has 0 heterocycles. The second kappa shape index (κ2) is 9.41. The van der Waals surface area contributed by atoms with Gasteiger partial charge in [-0.3, -0.25) is 0 Å². The van der Waals surface area contributed by atoms with Crippen molar-refractivity contribution in [3.8, 4) is 0 Å². The summed E-state index contributed by atoms with van der Waals surface area (Å²) in [6.07, 6.45) is 12.0. The maximum Gasteiger partial charge on any atom is 0.00153 e. The van der Waals surface area contributed by atoms with Gasteiger partial charge in [0.05, 0.1) is 0 Å². The summed E-state index contributed by atoms with van der Waals surface area (Å²) in [6.45, 7) is 11.0. The molecule has 1 nitrogen and oxygen atoms in total. The van der Waals surface area contributed by atoms with E-state index in [1.165, 1.54) is 12.0 Å². The first-order chi connectivity index (χ1) is 7.60. The third-order valence-corrected chi connectivity index (χ3v) is 2.69. The minimum Gasteiger partial charge on any atom is -0.306 e. The summed E-state index contributed by atoms with van der Waals surface area (Å²) in [7, 11) is 2.17. The largest absolute Gasteiger partial charge is 0.306 e. The van der Waals surface area contributed by atoms with Gasteiger partial charge in [0.2, 0.25) is 0 Å². The Bertz CT molecular complexity index is 248. The van der Waals surface area contributed by atoms with Gasteiger partial charge in [0.25, 0.3) is 0 Å². The van der Waals surface area contributed by atoms with Crippen molar-refractivity contribution in [3.05, 3.63) is 36.0 Å². The lowest BCUT2D eigenvalue weighted by molar-refractivity contribution is 0.357. The van der Waals surface area contributed by atoms with E-state index in [-0.39, 0.29) is 0 Å². The van der Waals surface area contributed by atoms with Crippen LogP contribution >= 0.6 is 0 Å². The lowest BCUT2D eigenvalue weighted by Crippen LogP contribution is -2.18. The SMILES string of the molecule is C/C=C\C=C/C(C)/C=C(/C)CCN(C)CC. The van der Waals surface area contributed by atoms with Crippen molar-refractivity contribution in [2.45, 2.75) is 34.1 Å². The Hall–Kier alpha value is -0.820. The third-order valence-electron chi connectivity index (χ3n) is 2.69. The van der Waals surface area contributed by atoms with Crippen molar-refractivity contribution in [2.24, 2.45) is 5.92 Å². The molecule has 0 aromatic carbocycles. The monoisotopic (exact) mass is 221 g/mol. The van der Waals surface area contributed by atoms with Gasteiger partial charge in [-0.25, -0.2) is 0 Å². The Labute approximate surface area is 102 Å². The van der Waals surface area contributed by atoms with Crippen LogP contribution in [-0.4, -0.2) is 25.0 Å². The molecule has 0 aromatic heterocycles. The molecule has 0 aliphatic heterocycles. The Morgan fingerprint density at radius 3 is 2.56 bits per heavy atom. The van der Waals surface area contributed by atoms with Crippen molar-refractivity contribution in [1.29, 1.82) is 0 Å². The first-order valence-corrected chi connectivity index (χ1v) is 6.25. The Kier molecular flexibility index (Phi) is 8.93. The molecule has 0 spiro atoms. The first kappa shape index (κ1) is 15.2. The number of hydrogen-bond donors (Lipinski definition) is 0. The second-order valence-corrected chi connectivity index (χ2v) is 4.43. The van der Waals surface area contributed by atoms with Crippen molar-refractivity contribution in [1.82, 2.24) is 4.90 Å². The highest BCUT2D eigenvalue weighted by Crippen LogP contribution is 2.08. The summed E-state index contributed by atoms with van der Waals surface area (Å²) in [6, 6.07) is 0. The number of allylic oxidation sites excluding steroid dienone is 5. The van der Waals surface area contributed by atoms with Crippen molar-refractivity contribution in [2.75, 3.05) is 20.1 Å². The molecule has 1 atom stereocenters. The first-order valence-electron chi connectivity index (χ1n) is 6.25. The average molecular weight is 221 g/mol. The van der Waals surface area contributed by atoms with Gasteiger partial charge in [-0.1, -0.05) is 49.8 Å². The molecule has 0 amide bonds. The van der Waals surface area contributed by atoms with Crippen LogP contribution < -0.4 is 0 Å². The molecule has 0 fully saturated rings. The van der Waals surface area contributed by atoms with E-state index < -0.39 is 0 Å². The van der Waals surface area contributed by atoms with Crippen LogP contribution in [0.1, 0.15) is 34.1 Å². The minimum absolute atomic E-state index is 0.531. The molecule has 0 rings (SSSR count). The van der Waals surface area contributed by atoms with Gasteiger partial charge in [0.1, 0.15) is 0 Å². The van der Waals surface area contributed by atoms with Crippen molar-refractivity contribution in [3.63, 3.8) is 0 Å². The van der Waals surface area contributed by atoms with Crippen LogP contribution in [0.4, 0.5) is 0 Å². The van der Waals surface area contributed by atoms with Gasteiger partial charge >= 0.3 is 0 Å². The van der Waals surface area contributed by atoms with Gasteiger partial charge in [-0.15, -0.1) is 0 Å². The normalized spacial score (nSPS) is 15.5. The molecule has 0 aliphatic carbocycles. The summed E-state index contributed by atoms with van der Waals surface area (Å²) in [5.41, 5.74) is 1.48. The highest BCUT2D eigenvalue weighted by molar-refractivity contribution is 5.10. The van der Waals surface area contributed by atoms with E-state index >= 15 is 0 Å². The maximum atomic E-state index is 2.35. The molecule has 0 saturated carbocycles. The quantitative estimate of drug-likeness (QED) is 0.463. The van der Waals surface area contributed by atoms with E-state index in [9.17, 15) is 0 Å². The predicted octanol–water partition coefficient (Wildman–Crippen LogP) is 4.04. The molecule has 0 N–H and O–H groups in total. The van der Waals surface area contributed by atoms with Gasteiger partial charge < -0.3 is 4.90 Å². The molecular weight excluding hydrogens is 194 g/mol. The summed E-state index contributed by atoms with van der Waals surface area (Å²) >= 11 is 0. The zero-order valence-corrected chi connectivity index (χ0v) is 11.5. The van der Waals surface area contributed by atoms with Gasteiger partial charge in [-0.05, 0) is 39.8 Å². The highest BCUT2D eigenvalue weighted by atomic mass is 15.1. The Morgan fingerprint density at radius 2 is 2.00 bits per heavy atom. The predicted molar refractivity (Wildman–Crippen MR) is 74.7 cm³/mol. The summed E-state index contributed by atoms with van der Waals surface area (Å²) in [5.74, 6) is 0.531. The molecule has 92 valence electrons. The minimum atomic E-state index is 0.531. The fraction of sp³-hybridized carbons (Fsp3) is 0.600. The van der Waals surface area contributed by atoms with Crippen LogP contribution in [0.15, 0.2) is 36.0 Å². The number of rotatable bonds is 7. The maximum absolute atomic E-state index is 2.35.